The van der Waals surface area contributed by atoms with Gasteiger partial charge in [-0.1, -0.05) is 12.1 Å². The highest BCUT2D eigenvalue weighted by molar-refractivity contribution is 7.91. The molecule has 43 heavy (non-hydrogen) atoms. The van der Waals surface area contributed by atoms with Gasteiger partial charge in [0.25, 0.3) is 0 Å². The van der Waals surface area contributed by atoms with E-state index in [9.17, 15) is 8.42 Å². The molecule has 1 aliphatic rings. The Morgan fingerprint density at radius 1 is 1.07 bits per heavy atom. The summed E-state index contributed by atoms with van der Waals surface area (Å²) in [6.45, 7) is 5.51. The molecular formula is C30H30FN7O3S2. The van der Waals surface area contributed by atoms with Crippen molar-refractivity contribution >= 4 is 43.8 Å². The lowest BCUT2D eigenvalue weighted by Gasteiger charge is -2.23. The highest BCUT2D eigenvalue weighted by Gasteiger charge is 2.21. The van der Waals surface area contributed by atoms with Gasteiger partial charge in [0.15, 0.2) is 0 Å². The van der Waals surface area contributed by atoms with E-state index in [-0.39, 0.29) is 17.5 Å². The second-order valence-electron chi connectivity index (χ2n) is 10.4. The normalized spacial score (nSPS) is 15.4. The largest absolute Gasteiger partial charge is 0.437 e. The number of hydrogen-bond acceptors (Lipinski definition) is 10. The van der Waals surface area contributed by atoms with Crippen LogP contribution in [0.15, 0.2) is 60.2 Å². The molecule has 222 valence electrons. The molecule has 6 rings (SSSR count). The van der Waals surface area contributed by atoms with Crippen molar-refractivity contribution in [1.82, 2.24) is 25.3 Å². The number of rotatable bonds is 9. The quantitative estimate of drug-likeness (QED) is 0.187. The molecule has 0 amide bonds. The summed E-state index contributed by atoms with van der Waals surface area (Å²) in [6, 6.07) is 11.9. The average Bonchev–Trinajstić information content (AvgIpc) is 3.40. The third kappa shape index (κ3) is 6.58. The fraction of sp³-hybridized carbons (Fsp3) is 0.267. The SMILES string of the molecule is Cc1nc(CS(=O)(=O)Nc2c(F)ccc3c(Oc4ncccc4-c4ccnc(NC5CCCNC5)n4)c(C)ccc23)cs1. The van der Waals surface area contributed by atoms with Crippen LogP contribution in [0.2, 0.25) is 0 Å². The third-order valence-corrected chi connectivity index (χ3v) is 9.10. The molecule has 10 nitrogen and oxygen atoms in total. The molecule has 0 bridgehead atoms. The van der Waals surface area contributed by atoms with E-state index in [0.29, 0.717) is 45.3 Å². The molecule has 4 heterocycles. The number of pyridine rings is 1. The van der Waals surface area contributed by atoms with Gasteiger partial charge >= 0.3 is 0 Å². The number of piperidine rings is 1. The molecule has 0 saturated carbocycles. The number of sulfonamides is 1. The van der Waals surface area contributed by atoms with Gasteiger partial charge < -0.3 is 15.4 Å². The zero-order valence-corrected chi connectivity index (χ0v) is 25.2. The number of hydrogen-bond donors (Lipinski definition) is 3. The average molecular weight is 620 g/mol. The minimum absolute atomic E-state index is 0.153. The van der Waals surface area contributed by atoms with Crippen LogP contribution in [-0.2, 0) is 15.8 Å². The van der Waals surface area contributed by atoms with Crippen LogP contribution in [0.3, 0.4) is 0 Å². The van der Waals surface area contributed by atoms with Crippen LogP contribution < -0.4 is 20.1 Å². The standard InChI is InChI=1S/C30H30FN7O3S2/c1-18-7-8-22-23(9-10-25(31)27(22)38-43(39,40)17-21-16-42-19(2)35-21)28(18)41-29-24(6-4-13-33-29)26-11-14-34-30(37-26)36-20-5-3-12-32-15-20/h4,6-11,13-14,16,20,32,38H,3,5,12,15,17H2,1-2H3,(H,34,36,37). The highest BCUT2D eigenvalue weighted by atomic mass is 32.2. The smallest absolute Gasteiger partial charge is 0.238 e. The summed E-state index contributed by atoms with van der Waals surface area (Å²) < 4.78 is 50.0. The first-order valence-electron chi connectivity index (χ1n) is 13.8. The van der Waals surface area contributed by atoms with Crippen molar-refractivity contribution in [3.63, 3.8) is 0 Å². The van der Waals surface area contributed by atoms with Crippen LogP contribution in [0.25, 0.3) is 22.0 Å². The van der Waals surface area contributed by atoms with Gasteiger partial charge in [-0.25, -0.2) is 32.7 Å². The van der Waals surface area contributed by atoms with E-state index in [2.05, 4.69) is 30.3 Å². The van der Waals surface area contributed by atoms with E-state index in [4.69, 9.17) is 9.72 Å². The number of halogens is 1. The maximum atomic E-state index is 15.1. The Hall–Kier alpha value is -4.20. The minimum Gasteiger partial charge on any atom is -0.437 e. The Labute approximate surface area is 252 Å². The van der Waals surface area contributed by atoms with Crippen LogP contribution in [0, 0.1) is 19.7 Å². The van der Waals surface area contributed by atoms with E-state index < -0.39 is 15.8 Å². The second kappa shape index (κ2) is 12.2. The summed E-state index contributed by atoms with van der Waals surface area (Å²) in [5.74, 6) is 0.170. The third-order valence-electron chi connectivity index (χ3n) is 7.09. The van der Waals surface area contributed by atoms with Gasteiger partial charge in [0.05, 0.1) is 27.6 Å². The Balaban J connectivity index is 1.33. The lowest BCUT2D eigenvalue weighted by atomic mass is 10.0. The maximum absolute atomic E-state index is 15.1. The van der Waals surface area contributed by atoms with Crippen molar-refractivity contribution in [1.29, 1.82) is 0 Å². The van der Waals surface area contributed by atoms with Crippen LogP contribution >= 0.6 is 11.3 Å². The highest BCUT2D eigenvalue weighted by Crippen LogP contribution is 2.39. The van der Waals surface area contributed by atoms with E-state index in [1.54, 1.807) is 55.0 Å². The topological polar surface area (TPSA) is 131 Å². The summed E-state index contributed by atoms with van der Waals surface area (Å²) in [5.41, 5.74) is 2.28. The Morgan fingerprint density at radius 3 is 2.72 bits per heavy atom. The molecule has 3 N–H and O–H groups in total. The van der Waals surface area contributed by atoms with E-state index in [1.165, 1.54) is 17.4 Å². The number of ether oxygens (including phenoxy) is 1. The molecule has 1 aliphatic heterocycles. The molecular weight excluding hydrogens is 590 g/mol. The number of thiazole rings is 1. The van der Waals surface area contributed by atoms with Gasteiger partial charge in [-0.2, -0.15) is 0 Å². The first-order chi connectivity index (χ1) is 20.8. The van der Waals surface area contributed by atoms with Crippen molar-refractivity contribution in [2.45, 2.75) is 38.5 Å². The molecule has 3 aromatic heterocycles. The Morgan fingerprint density at radius 2 is 1.93 bits per heavy atom. The van der Waals surface area contributed by atoms with Crippen LogP contribution in [-0.4, -0.2) is 47.5 Å². The molecule has 0 radical (unpaired) electrons. The molecule has 0 aliphatic carbocycles. The molecule has 2 aromatic carbocycles. The van der Waals surface area contributed by atoms with Crippen LogP contribution in [0.4, 0.5) is 16.0 Å². The summed E-state index contributed by atoms with van der Waals surface area (Å²) in [7, 11) is -3.95. The summed E-state index contributed by atoms with van der Waals surface area (Å²) in [5, 5.41) is 10.1. The fourth-order valence-electron chi connectivity index (χ4n) is 5.06. The van der Waals surface area contributed by atoms with Gasteiger partial charge in [0.2, 0.25) is 21.9 Å². The Bertz CT molecular complexity index is 1890. The van der Waals surface area contributed by atoms with Crippen molar-refractivity contribution in [3.8, 4) is 22.9 Å². The van der Waals surface area contributed by atoms with Gasteiger partial charge in [-0.15, -0.1) is 11.3 Å². The number of nitrogens with one attached hydrogen (secondary N) is 3. The summed E-state index contributed by atoms with van der Waals surface area (Å²) >= 11 is 1.36. The first kappa shape index (κ1) is 28.9. The summed E-state index contributed by atoms with van der Waals surface area (Å²) in [6.07, 6.45) is 5.42. The van der Waals surface area contributed by atoms with E-state index in [0.717, 1.165) is 36.5 Å². The van der Waals surface area contributed by atoms with Gasteiger partial charge in [-0.3, -0.25) is 4.72 Å². The van der Waals surface area contributed by atoms with E-state index >= 15 is 4.39 Å². The summed E-state index contributed by atoms with van der Waals surface area (Å²) in [4.78, 5) is 17.8. The number of fused-ring (bicyclic) bond motifs is 1. The molecule has 13 heteroatoms. The van der Waals surface area contributed by atoms with Crippen LogP contribution in [0.5, 0.6) is 11.6 Å². The zero-order chi connectivity index (χ0) is 30.0. The Kier molecular flexibility index (Phi) is 8.19. The van der Waals surface area contributed by atoms with E-state index in [1.807, 2.05) is 13.0 Å². The number of aromatic nitrogens is 4. The first-order valence-corrected chi connectivity index (χ1v) is 16.4. The maximum Gasteiger partial charge on any atom is 0.238 e. The number of aryl methyl sites for hydroxylation is 2. The molecule has 1 saturated heterocycles. The van der Waals surface area contributed by atoms with Crippen molar-refractivity contribution in [2.75, 3.05) is 23.1 Å². The van der Waals surface area contributed by atoms with Crippen molar-refractivity contribution < 1.29 is 17.5 Å². The lowest BCUT2D eigenvalue weighted by Crippen LogP contribution is -2.38. The number of nitrogens with zero attached hydrogens (tertiary/aromatic N) is 4. The molecule has 5 aromatic rings. The fourth-order valence-corrected chi connectivity index (χ4v) is 6.91. The van der Waals surface area contributed by atoms with Gasteiger partial charge in [0, 0.05) is 41.1 Å². The minimum atomic E-state index is -3.95. The monoisotopic (exact) mass is 619 g/mol. The van der Waals surface area contributed by atoms with Crippen LogP contribution in [0.1, 0.15) is 29.1 Å². The van der Waals surface area contributed by atoms with Gasteiger partial charge in [0.1, 0.15) is 17.3 Å². The zero-order valence-electron chi connectivity index (χ0n) is 23.6. The predicted molar refractivity (Wildman–Crippen MR) is 167 cm³/mol. The second-order valence-corrected chi connectivity index (χ2v) is 13.1. The molecule has 1 fully saturated rings. The van der Waals surface area contributed by atoms with Crippen molar-refractivity contribution in [3.05, 3.63) is 82.3 Å². The molecule has 1 unspecified atom stereocenters. The molecule has 1 atom stereocenters. The van der Waals surface area contributed by atoms with Gasteiger partial charge in [-0.05, 0) is 69.1 Å². The predicted octanol–water partition coefficient (Wildman–Crippen LogP) is 5.80. The number of anilines is 2. The lowest BCUT2D eigenvalue weighted by molar-refractivity contribution is 0.466. The number of benzene rings is 2. The van der Waals surface area contributed by atoms with Crippen molar-refractivity contribution in [2.24, 2.45) is 0 Å². The molecule has 0 spiro atoms.